The van der Waals surface area contributed by atoms with Crippen molar-refractivity contribution < 1.29 is 30.7 Å². The SMILES string of the molecule is CC1CCN(C(C(F)(F)F)C(F)(F)F)CC1.CCC(C)N1CCC(C)CC1.CCCN(CC)C(C)CF.CCN1CCC(C)CC1. The standard InChI is InChI=1S/C10H21N.C9H13F6N.C8H18FN.C8H17N/c1-4-10(3)11-7-5-9(2)6-8-11;1-6-2-4-16(5-3-6)7(8(10,11)12)9(13,14)15;1-4-6-10(5-2)8(3)7-9;1-3-9-6-4-8(2)5-7-9/h9-10H,4-8H2,1-3H3;6-7H,2-5H2,1H3;8H,4-7H2,1-3H3;8H,3-7H2,1-2H3. The Bertz CT molecular complexity index is 699. The number of nitrogens with zero attached hydrogens (tertiary/aromatic N) is 4. The van der Waals surface area contributed by atoms with Crippen molar-refractivity contribution in [3.63, 3.8) is 0 Å². The van der Waals surface area contributed by atoms with Crippen molar-refractivity contribution >= 4 is 0 Å². The molecule has 0 aliphatic carbocycles. The summed E-state index contributed by atoms with van der Waals surface area (Å²) in [7, 11) is 0. The maximum absolute atomic E-state index is 12.3. The quantitative estimate of drug-likeness (QED) is 0.225. The highest BCUT2D eigenvalue weighted by Crippen LogP contribution is 2.38. The first kappa shape index (κ1) is 45.3. The molecule has 3 saturated heterocycles. The molecule has 0 N–H and O–H groups in total. The molecule has 0 radical (unpaired) electrons. The van der Waals surface area contributed by atoms with E-state index >= 15 is 0 Å². The summed E-state index contributed by atoms with van der Waals surface area (Å²) in [6, 6.07) is -2.40. The maximum Gasteiger partial charge on any atom is 0.412 e. The van der Waals surface area contributed by atoms with E-state index in [-0.39, 0.29) is 31.7 Å². The number of likely N-dealkylation sites (tertiary alicyclic amines) is 3. The number of hydrogen-bond donors (Lipinski definition) is 0. The summed E-state index contributed by atoms with van der Waals surface area (Å²) in [5.74, 6) is 2.14. The largest absolute Gasteiger partial charge is 0.412 e. The Morgan fingerprint density at radius 3 is 1.35 bits per heavy atom. The number of piperidine rings is 3. The molecule has 0 aromatic carbocycles. The fourth-order valence-corrected chi connectivity index (χ4v) is 6.07. The van der Waals surface area contributed by atoms with E-state index in [9.17, 15) is 30.7 Å². The predicted octanol–water partition coefficient (Wildman–Crippen LogP) is 9.54. The molecule has 3 aliphatic heterocycles. The molecule has 0 amide bonds. The topological polar surface area (TPSA) is 13.0 Å². The van der Waals surface area contributed by atoms with E-state index < -0.39 is 18.4 Å². The number of hydrogen-bond acceptors (Lipinski definition) is 4. The van der Waals surface area contributed by atoms with Crippen molar-refractivity contribution in [1.29, 1.82) is 0 Å². The van der Waals surface area contributed by atoms with E-state index in [1.807, 2.05) is 13.8 Å². The molecule has 11 heteroatoms. The lowest BCUT2D eigenvalue weighted by molar-refractivity contribution is -0.289. The van der Waals surface area contributed by atoms with Crippen molar-refractivity contribution in [3.8, 4) is 0 Å². The molecule has 3 rings (SSSR count). The van der Waals surface area contributed by atoms with Gasteiger partial charge in [-0.25, -0.2) is 4.39 Å². The number of alkyl halides is 7. The molecule has 0 bridgehead atoms. The molecule has 2 unspecified atom stereocenters. The van der Waals surface area contributed by atoms with Gasteiger partial charge >= 0.3 is 12.4 Å². The van der Waals surface area contributed by atoms with Crippen LogP contribution in [0.1, 0.15) is 114 Å². The first-order valence-corrected chi connectivity index (χ1v) is 18.1. The molecule has 3 heterocycles. The highest BCUT2D eigenvalue weighted by Gasteiger charge is 2.59. The number of rotatable bonds is 9. The van der Waals surface area contributed by atoms with Crippen LogP contribution >= 0.6 is 0 Å². The van der Waals surface area contributed by atoms with Crippen LogP contribution in [0.15, 0.2) is 0 Å². The molecule has 278 valence electrons. The average molecular weight is 679 g/mol. The smallest absolute Gasteiger partial charge is 0.304 e. The second-order valence-corrected chi connectivity index (χ2v) is 13.9. The Balaban J connectivity index is 0.000000603. The van der Waals surface area contributed by atoms with Crippen LogP contribution in [0, 0.1) is 17.8 Å². The minimum atomic E-state index is -5.25. The van der Waals surface area contributed by atoms with Crippen molar-refractivity contribution in [1.82, 2.24) is 19.6 Å². The van der Waals surface area contributed by atoms with Gasteiger partial charge in [-0.1, -0.05) is 48.5 Å². The summed E-state index contributed by atoms with van der Waals surface area (Å²) >= 11 is 0. The van der Waals surface area contributed by atoms with E-state index in [0.29, 0.717) is 17.7 Å². The normalized spacial score (nSPS) is 21.5. The first-order chi connectivity index (χ1) is 21.4. The molecular formula is C35H69F7N4. The van der Waals surface area contributed by atoms with Crippen LogP contribution < -0.4 is 0 Å². The molecule has 4 nitrogen and oxygen atoms in total. The monoisotopic (exact) mass is 679 g/mol. The third-order valence-corrected chi connectivity index (χ3v) is 9.92. The van der Waals surface area contributed by atoms with Crippen molar-refractivity contribution in [2.75, 3.05) is 65.6 Å². The second kappa shape index (κ2) is 23.7. The molecule has 3 fully saturated rings. The van der Waals surface area contributed by atoms with Gasteiger partial charge in [0.05, 0.1) is 0 Å². The fourth-order valence-electron chi connectivity index (χ4n) is 6.07. The molecule has 0 aromatic rings. The van der Waals surface area contributed by atoms with Gasteiger partial charge in [0.1, 0.15) is 6.67 Å². The van der Waals surface area contributed by atoms with Gasteiger partial charge < -0.3 is 9.80 Å². The summed E-state index contributed by atoms with van der Waals surface area (Å²) < 4.78 is 86.1. The minimum Gasteiger partial charge on any atom is -0.304 e. The number of halogens is 7. The summed E-state index contributed by atoms with van der Waals surface area (Å²) in [5, 5.41) is 0. The Labute approximate surface area is 277 Å². The van der Waals surface area contributed by atoms with E-state index in [2.05, 4.69) is 63.2 Å². The van der Waals surface area contributed by atoms with E-state index in [0.717, 1.165) is 37.4 Å². The summed E-state index contributed by atoms with van der Waals surface area (Å²) in [5.41, 5.74) is 0. The Kier molecular flexibility index (Phi) is 23.3. The van der Waals surface area contributed by atoms with Gasteiger partial charge in [0.15, 0.2) is 0 Å². The van der Waals surface area contributed by atoms with Gasteiger partial charge in [-0.05, 0) is 142 Å². The van der Waals surface area contributed by atoms with Gasteiger partial charge in [0.25, 0.3) is 0 Å². The lowest BCUT2D eigenvalue weighted by Gasteiger charge is -2.38. The lowest BCUT2D eigenvalue weighted by Crippen LogP contribution is -2.56. The van der Waals surface area contributed by atoms with Crippen LogP contribution in [0.2, 0.25) is 0 Å². The highest BCUT2D eigenvalue weighted by molar-refractivity contribution is 4.87. The molecular weight excluding hydrogens is 609 g/mol. The molecule has 3 aliphatic rings. The highest BCUT2D eigenvalue weighted by atomic mass is 19.4. The average Bonchev–Trinajstić information content (AvgIpc) is 3.00. The molecule has 2 atom stereocenters. The summed E-state index contributed by atoms with van der Waals surface area (Å²) in [6.45, 7) is 27.6. The Morgan fingerprint density at radius 1 is 0.652 bits per heavy atom. The van der Waals surface area contributed by atoms with Crippen molar-refractivity contribution in [3.05, 3.63) is 0 Å². The minimum absolute atomic E-state index is 0.102. The van der Waals surface area contributed by atoms with Crippen LogP contribution in [-0.4, -0.2) is 116 Å². The molecule has 0 saturated carbocycles. The van der Waals surface area contributed by atoms with E-state index in [1.165, 1.54) is 64.8 Å². The van der Waals surface area contributed by atoms with Gasteiger partial charge in [-0.15, -0.1) is 0 Å². The van der Waals surface area contributed by atoms with Crippen molar-refractivity contribution in [2.45, 2.75) is 144 Å². The van der Waals surface area contributed by atoms with Crippen LogP contribution in [0.5, 0.6) is 0 Å². The molecule has 46 heavy (non-hydrogen) atoms. The van der Waals surface area contributed by atoms with Gasteiger partial charge in [0, 0.05) is 12.1 Å². The summed E-state index contributed by atoms with van der Waals surface area (Å²) in [6.07, 6.45) is -1.70. The van der Waals surface area contributed by atoms with E-state index in [4.69, 9.17) is 0 Å². The maximum atomic E-state index is 12.3. The first-order valence-electron chi connectivity index (χ1n) is 18.1. The molecule has 0 spiro atoms. The van der Waals surface area contributed by atoms with Crippen LogP contribution in [0.3, 0.4) is 0 Å². The summed E-state index contributed by atoms with van der Waals surface area (Å²) in [4.78, 5) is 7.79. The lowest BCUT2D eigenvalue weighted by atomic mass is 9.97. The Morgan fingerprint density at radius 2 is 1.04 bits per heavy atom. The second-order valence-electron chi connectivity index (χ2n) is 13.9. The van der Waals surface area contributed by atoms with Gasteiger partial charge in [-0.2, -0.15) is 26.3 Å². The Hall–Kier alpha value is -0.650. The predicted molar refractivity (Wildman–Crippen MR) is 179 cm³/mol. The van der Waals surface area contributed by atoms with Crippen LogP contribution in [0.25, 0.3) is 0 Å². The zero-order chi connectivity index (χ0) is 35.5. The third kappa shape index (κ3) is 18.8. The third-order valence-electron chi connectivity index (χ3n) is 9.92. The zero-order valence-electron chi connectivity index (χ0n) is 30.6. The van der Waals surface area contributed by atoms with Crippen molar-refractivity contribution in [2.24, 2.45) is 17.8 Å². The van der Waals surface area contributed by atoms with Gasteiger partial charge in [-0.3, -0.25) is 9.80 Å². The van der Waals surface area contributed by atoms with Gasteiger partial charge in [0.2, 0.25) is 6.04 Å². The van der Waals surface area contributed by atoms with Crippen LogP contribution in [-0.2, 0) is 0 Å². The fraction of sp³-hybridized carbons (Fsp3) is 1.00. The zero-order valence-corrected chi connectivity index (χ0v) is 30.6. The van der Waals surface area contributed by atoms with E-state index in [1.54, 1.807) is 0 Å². The molecule has 0 aromatic heterocycles. The van der Waals surface area contributed by atoms with Crippen LogP contribution in [0.4, 0.5) is 30.7 Å².